The molecule has 17 heavy (non-hydrogen) atoms. The number of hydrogen-bond donors (Lipinski definition) is 1. The first-order valence-electron chi connectivity index (χ1n) is 4.97. The molecule has 88 valence electrons. The summed E-state index contributed by atoms with van der Waals surface area (Å²) in [4.78, 5) is 5.35. The fourth-order valence-electron chi connectivity index (χ4n) is 1.29. The van der Waals surface area contributed by atoms with E-state index in [0.717, 1.165) is 20.0 Å². The normalized spacial score (nSPS) is 10.5. The van der Waals surface area contributed by atoms with Crippen LogP contribution < -0.4 is 5.73 Å². The number of halogens is 2. The summed E-state index contributed by atoms with van der Waals surface area (Å²) >= 11 is 10.9. The Bertz CT molecular complexity index is 516. The van der Waals surface area contributed by atoms with Crippen LogP contribution in [0.4, 0.5) is 0 Å². The van der Waals surface area contributed by atoms with Gasteiger partial charge in [-0.2, -0.15) is 0 Å². The Morgan fingerprint density at radius 2 is 2.12 bits per heavy atom. The Kier molecular flexibility index (Phi) is 4.45. The third-order valence-electron chi connectivity index (χ3n) is 2.15. The molecule has 0 aliphatic carbocycles. The summed E-state index contributed by atoms with van der Waals surface area (Å²) in [6.07, 6.45) is 1.64. The molecule has 1 aromatic carbocycles. The maximum Gasteiger partial charge on any atom is 0.101 e. The number of nitrogens with zero attached hydrogens (tertiary/aromatic N) is 1. The van der Waals surface area contributed by atoms with Crippen molar-refractivity contribution in [2.75, 3.05) is 0 Å². The van der Waals surface area contributed by atoms with Gasteiger partial charge in [0.2, 0.25) is 0 Å². The third-order valence-corrected chi connectivity index (χ3v) is 4.32. The maximum atomic E-state index is 5.79. The molecule has 0 radical (unpaired) electrons. The average molecular weight is 330 g/mol. The van der Waals surface area contributed by atoms with Crippen LogP contribution in [-0.4, -0.2) is 4.98 Å². The maximum absolute atomic E-state index is 5.79. The van der Waals surface area contributed by atoms with Crippen molar-refractivity contribution >= 4 is 39.3 Å². The van der Waals surface area contributed by atoms with Crippen LogP contribution in [0.3, 0.4) is 0 Å². The van der Waals surface area contributed by atoms with Crippen LogP contribution in [0.1, 0.15) is 5.56 Å². The highest BCUT2D eigenvalue weighted by Crippen LogP contribution is 2.33. The molecule has 0 spiro atoms. The predicted octanol–water partition coefficient (Wildman–Crippen LogP) is 4.11. The lowest BCUT2D eigenvalue weighted by molar-refractivity contribution is 1.06. The number of rotatable bonds is 3. The Labute approximate surface area is 118 Å². The van der Waals surface area contributed by atoms with E-state index in [2.05, 4.69) is 20.9 Å². The molecule has 2 N–H and O–H groups in total. The van der Waals surface area contributed by atoms with E-state index < -0.39 is 0 Å². The fraction of sp³-hybridized carbons (Fsp3) is 0.0833. The zero-order chi connectivity index (χ0) is 12.3. The van der Waals surface area contributed by atoms with Gasteiger partial charge in [-0.1, -0.05) is 29.4 Å². The summed E-state index contributed by atoms with van der Waals surface area (Å²) < 4.78 is 1.03. The standard InChI is InChI=1S/C12H10BrClN2S/c13-10-5-8(6-15)1-3-11(10)17-12-4-2-9(14)7-16-12/h1-5,7H,6,15H2. The zero-order valence-corrected chi connectivity index (χ0v) is 12.0. The molecular formula is C12H10BrClN2S. The molecule has 1 aromatic heterocycles. The van der Waals surface area contributed by atoms with Crippen LogP contribution in [-0.2, 0) is 6.54 Å². The largest absolute Gasteiger partial charge is 0.326 e. The van der Waals surface area contributed by atoms with Crippen molar-refractivity contribution in [1.29, 1.82) is 0 Å². The molecular weight excluding hydrogens is 320 g/mol. The lowest BCUT2D eigenvalue weighted by Crippen LogP contribution is -1.95. The highest BCUT2D eigenvalue weighted by atomic mass is 79.9. The van der Waals surface area contributed by atoms with Gasteiger partial charge in [0, 0.05) is 22.1 Å². The van der Waals surface area contributed by atoms with Crippen LogP contribution in [0, 0.1) is 0 Å². The van der Waals surface area contributed by atoms with Crippen LogP contribution in [0.2, 0.25) is 5.02 Å². The number of nitrogens with two attached hydrogens (primary N) is 1. The second-order valence-corrected chi connectivity index (χ2v) is 5.74. The van der Waals surface area contributed by atoms with Crippen molar-refractivity contribution in [2.24, 2.45) is 5.73 Å². The molecule has 2 rings (SSSR count). The second kappa shape index (κ2) is 5.87. The molecule has 2 nitrogen and oxygen atoms in total. The van der Waals surface area contributed by atoms with Crippen molar-refractivity contribution in [1.82, 2.24) is 4.98 Å². The van der Waals surface area contributed by atoms with E-state index in [-0.39, 0.29) is 0 Å². The van der Waals surface area contributed by atoms with Gasteiger partial charge in [0.15, 0.2) is 0 Å². The van der Waals surface area contributed by atoms with Crippen LogP contribution >= 0.6 is 39.3 Å². The first-order valence-corrected chi connectivity index (χ1v) is 6.95. The highest BCUT2D eigenvalue weighted by Gasteiger charge is 2.04. The van der Waals surface area contributed by atoms with Gasteiger partial charge in [0.1, 0.15) is 5.03 Å². The first kappa shape index (κ1) is 12.9. The molecule has 0 amide bonds. The highest BCUT2D eigenvalue weighted by molar-refractivity contribution is 9.10. The number of aromatic nitrogens is 1. The Morgan fingerprint density at radius 1 is 1.29 bits per heavy atom. The van der Waals surface area contributed by atoms with Crippen molar-refractivity contribution in [2.45, 2.75) is 16.5 Å². The fourth-order valence-corrected chi connectivity index (χ4v) is 2.83. The Hall–Kier alpha value is -0.550. The quantitative estimate of drug-likeness (QED) is 0.921. The number of benzene rings is 1. The van der Waals surface area contributed by atoms with E-state index in [0.29, 0.717) is 11.6 Å². The third kappa shape index (κ3) is 3.45. The van der Waals surface area contributed by atoms with Gasteiger partial charge in [0.05, 0.1) is 5.02 Å². The van der Waals surface area contributed by atoms with Gasteiger partial charge < -0.3 is 5.73 Å². The van der Waals surface area contributed by atoms with Crippen LogP contribution in [0.25, 0.3) is 0 Å². The van der Waals surface area contributed by atoms with Gasteiger partial charge >= 0.3 is 0 Å². The minimum Gasteiger partial charge on any atom is -0.326 e. The molecule has 0 unspecified atom stereocenters. The van der Waals surface area contributed by atoms with E-state index in [4.69, 9.17) is 17.3 Å². The summed E-state index contributed by atoms with van der Waals surface area (Å²) in [5.74, 6) is 0. The van der Waals surface area contributed by atoms with E-state index in [1.807, 2.05) is 30.3 Å². The summed E-state index contributed by atoms with van der Waals surface area (Å²) in [5, 5.41) is 1.56. The summed E-state index contributed by atoms with van der Waals surface area (Å²) in [6, 6.07) is 9.81. The Balaban J connectivity index is 2.21. The molecule has 5 heteroatoms. The van der Waals surface area contributed by atoms with Crippen LogP contribution in [0.5, 0.6) is 0 Å². The average Bonchev–Trinajstić information content (AvgIpc) is 2.34. The van der Waals surface area contributed by atoms with Crippen molar-refractivity contribution in [3.8, 4) is 0 Å². The van der Waals surface area contributed by atoms with E-state index in [9.17, 15) is 0 Å². The molecule has 0 fully saturated rings. The lowest BCUT2D eigenvalue weighted by Gasteiger charge is -2.05. The molecule has 0 saturated heterocycles. The second-order valence-electron chi connectivity index (χ2n) is 3.39. The molecule has 0 atom stereocenters. The van der Waals surface area contributed by atoms with Gasteiger partial charge in [-0.25, -0.2) is 4.98 Å². The van der Waals surface area contributed by atoms with Gasteiger partial charge in [-0.15, -0.1) is 0 Å². The van der Waals surface area contributed by atoms with Gasteiger partial charge in [-0.05, 0) is 45.8 Å². The summed E-state index contributed by atoms with van der Waals surface area (Å²) in [7, 11) is 0. The first-order chi connectivity index (χ1) is 8.19. The Morgan fingerprint density at radius 3 is 2.71 bits per heavy atom. The molecule has 0 aliphatic heterocycles. The van der Waals surface area contributed by atoms with E-state index in [1.165, 1.54) is 0 Å². The van der Waals surface area contributed by atoms with Crippen molar-refractivity contribution < 1.29 is 0 Å². The zero-order valence-electron chi connectivity index (χ0n) is 8.86. The van der Waals surface area contributed by atoms with Crippen LogP contribution in [0.15, 0.2) is 50.9 Å². The monoisotopic (exact) mass is 328 g/mol. The molecule has 2 aromatic rings. The predicted molar refractivity (Wildman–Crippen MR) is 75.4 cm³/mol. The molecule has 0 saturated carbocycles. The van der Waals surface area contributed by atoms with E-state index in [1.54, 1.807) is 18.0 Å². The summed E-state index contributed by atoms with van der Waals surface area (Å²) in [6.45, 7) is 0.544. The number of pyridine rings is 1. The van der Waals surface area contributed by atoms with Crippen molar-refractivity contribution in [3.05, 3.63) is 51.6 Å². The SMILES string of the molecule is NCc1ccc(Sc2ccc(Cl)cn2)c(Br)c1. The van der Waals surface area contributed by atoms with Gasteiger partial charge in [0.25, 0.3) is 0 Å². The minimum absolute atomic E-state index is 0.544. The molecule has 0 bridgehead atoms. The van der Waals surface area contributed by atoms with Crippen molar-refractivity contribution in [3.63, 3.8) is 0 Å². The van der Waals surface area contributed by atoms with Gasteiger partial charge in [-0.3, -0.25) is 0 Å². The topological polar surface area (TPSA) is 38.9 Å². The summed E-state index contributed by atoms with van der Waals surface area (Å²) in [5.41, 5.74) is 6.69. The van der Waals surface area contributed by atoms with E-state index >= 15 is 0 Å². The molecule has 0 aliphatic rings. The minimum atomic E-state index is 0.544. The molecule has 1 heterocycles. The lowest BCUT2D eigenvalue weighted by atomic mass is 10.2. The number of hydrogen-bond acceptors (Lipinski definition) is 3. The smallest absolute Gasteiger partial charge is 0.101 e.